The smallest absolute Gasteiger partial charge is 0.321 e. The molecule has 1 aliphatic heterocycles. The number of nitrogens with one attached hydrogen (secondary N) is 3. The molecule has 1 saturated heterocycles. The maximum Gasteiger partial charge on any atom is 0.321 e. The lowest BCUT2D eigenvalue weighted by Gasteiger charge is -2.33. The summed E-state index contributed by atoms with van der Waals surface area (Å²) in [5, 5.41) is 14.9. The van der Waals surface area contributed by atoms with E-state index >= 15 is 0 Å². The summed E-state index contributed by atoms with van der Waals surface area (Å²) in [5.41, 5.74) is 4.28. The van der Waals surface area contributed by atoms with E-state index in [1.54, 1.807) is 4.90 Å². The van der Waals surface area contributed by atoms with Crippen molar-refractivity contribution in [3.05, 3.63) is 54.2 Å². The predicted molar refractivity (Wildman–Crippen MR) is 126 cm³/mol. The number of aromatic nitrogens is 2. The number of piperidine rings is 1. The number of carbonyl (C=O) groups is 1. The molecule has 164 valence electrons. The zero-order chi connectivity index (χ0) is 21.6. The van der Waals surface area contributed by atoms with Gasteiger partial charge in [-0.2, -0.15) is 5.10 Å². The average Bonchev–Trinajstić information content (AvgIpc) is 3.23. The van der Waals surface area contributed by atoms with Gasteiger partial charge in [0.25, 0.3) is 0 Å². The molecule has 1 atom stereocenters. The molecule has 0 bridgehead atoms. The van der Waals surface area contributed by atoms with Gasteiger partial charge < -0.3 is 15.5 Å². The molecule has 1 aliphatic rings. The number of benzene rings is 2. The molecule has 7 heteroatoms. The van der Waals surface area contributed by atoms with Gasteiger partial charge >= 0.3 is 6.03 Å². The van der Waals surface area contributed by atoms with E-state index in [-0.39, 0.29) is 6.03 Å². The number of likely N-dealkylation sites (tertiary alicyclic amines) is 1. The standard InChI is InChI=1S/C24H32N6O/c1-3-30(4-2)24(31)27-20-8-5-7-18(13-20)16-29-12-6-9-22(17-29)26-21-10-11-23-19(14-21)15-25-28-23/h5,7-8,10-11,13-15,22,26H,3-4,6,9,12,16-17H2,1-2H3,(H,25,28)(H,27,31)/t22-/m1/s1. The maximum atomic E-state index is 12.3. The van der Waals surface area contributed by atoms with Crippen LogP contribution in [0.25, 0.3) is 10.9 Å². The van der Waals surface area contributed by atoms with E-state index in [4.69, 9.17) is 0 Å². The summed E-state index contributed by atoms with van der Waals surface area (Å²) < 4.78 is 0. The second-order valence-electron chi connectivity index (χ2n) is 8.19. The van der Waals surface area contributed by atoms with Gasteiger partial charge in [-0.1, -0.05) is 12.1 Å². The Labute approximate surface area is 183 Å². The quantitative estimate of drug-likeness (QED) is 0.526. The van der Waals surface area contributed by atoms with Crippen LogP contribution in [-0.4, -0.2) is 58.2 Å². The van der Waals surface area contributed by atoms with Crippen LogP contribution < -0.4 is 10.6 Å². The second kappa shape index (κ2) is 9.83. The molecule has 31 heavy (non-hydrogen) atoms. The van der Waals surface area contributed by atoms with Crippen LogP contribution in [0.15, 0.2) is 48.7 Å². The van der Waals surface area contributed by atoms with Gasteiger partial charge in [0.1, 0.15) is 0 Å². The van der Waals surface area contributed by atoms with E-state index < -0.39 is 0 Å². The number of H-pyrrole nitrogens is 1. The summed E-state index contributed by atoms with van der Waals surface area (Å²) in [5.74, 6) is 0. The largest absolute Gasteiger partial charge is 0.381 e. The predicted octanol–water partition coefficient (Wildman–Crippen LogP) is 4.51. The highest BCUT2D eigenvalue weighted by Gasteiger charge is 2.20. The Morgan fingerprint density at radius 2 is 2.06 bits per heavy atom. The molecule has 0 saturated carbocycles. The maximum absolute atomic E-state index is 12.3. The highest BCUT2D eigenvalue weighted by Crippen LogP contribution is 2.22. The summed E-state index contributed by atoms with van der Waals surface area (Å²) in [4.78, 5) is 16.6. The summed E-state index contributed by atoms with van der Waals surface area (Å²) in [6, 6.07) is 14.9. The Bertz CT molecular complexity index is 1010. The number of nitrogens with zero attached hydrogens (tertiary/aromatic N) is 3. The zero-order valence-corrected chi connectivity index (χ0v) is 18.4. The van der Waals surface area contributed by atoms with Crippen LogP contribution in [0.3, 0.4) is 0 Å². The van der Waals surface area contributed by atoms with Gasteiger partial charge in [-0.05, 0) is 69.1 Å². The first kappa shape index (κ1) is 21.2. The molecule has 7 nitrogen and oxygen atoms in total. The molecule has 3 aromatic rings. The monoisotopic (exact) mass is 420 g/mol. The zero-order valence-electron chi connectivity index (χ0n) is 18.4. The number of anilines is 2. The molecule has 2 aromatic carbocycles. The van der Waals surface area contributed by atoms with Crippen molar-refractivity contribution in [2.75, 3.05) is 36.8 Å². The van der Waals surface area contributed by atoms with Gasteiger partial charge in [-0.3, -0.25) is 10.00 Å². The van der Waals surface area contributed by atoms with Crippen molar-refractivity contribution in [2.24, 2.45) is 0 Å². The first-order valence-electron chi connectivity index (χ1n) is 11.2. The summed E-state index contributed by atoms with van der Waals surface area (Å²) >= 11 is 0. The first-order chi connectivity index (χ1) is 15.1. The lowest BCUT2D eigenvalue weighted by molar-refractivity contribution is 0.208. The minimum absolute atomic E-state index is 0.0426. The van der Waals surface area contributed by atoms with Gasteiger partial charge in [-0.15, -0.1) is 0 Å². The van der Waals surface area contributed by atoms with Crippen LogP contribution in [0.5, 0.6) is 0 Å². The molecular weight excluding hydrogens is 388 g/mol. The van der Waals surface area contributed by atoms with Crippen molar-refractivity contribution in [2.45, 2.75) is 39.3 Å². The summed E-state index contributed by atoms with van der Waals surface area (Å²) in [6.45, 7) is 8.37. The number of rotatable bonds is 7. The molecule has 2 amide bonds. The lowest BCUT2D eigenvalue weighted by atomic mass is 10.0. The van der Waals surface area contributed by atoms with Crippen LogP contribution in [-0.2, 0) is 6.54 Å². The highest BCUT2D eigenvalue weighted by molar-refractivity contribution is 5.89. The molecule has 0 spiro atoms. The average molecular weight is 421 g/mol. The molecule has 4 rings (SSSR count). The molecular formula is C24H32N6O. The van der Waals surface area contributed by atoms with E-state index in [0.717, 1.165) is 41.9 Å². The number of fused-ring (bicyclic) bond motifs is 1. The second-order valence-corrected chi connectivity index (χ2v) is 8.19. The fraction of sp³-hybridized carbons (Fsp3) is 0.417. The number of hydrogen-bond donors (Lipinski definition) is 3. The van der Waals surface area contributed by atoms with Crippen LogP contribution >= 0.6 is 0 Å². The Hall–Kier alpha value is -3.06. The van der Waals surface area contributed by atoms with Gasteiger partial charge in [0.15, 0.2) is 0 Å². The number of carbonyl (C=O) groups excluding carboxylic acids is 1. The van der Waals surface area contributed by atoms with E-state index in [0.29, 0.717) is 19.1 Å². The first-order valence-corrected chi connectivity index (χ1v) is 11.2. The number of hydrogen-bond acceptors (Lipinski definition) is 4. The minimum Gasteiger partial charge on any atom is -0.381 e. The van der Waals surface area contributed by atoms with Crippen LogP contribution in [0, 0.1) is 0 Å². The lowest BCUT2D eigenvalue weighted by Crippen LogP contribution is -2.41. The van der Waals surface area contributed by atoms with E-state index in [9.17, 15) is 4.79 Å². The molecule has 0 radical (unpaired) electrons. The Morgan fingerprint density at radius 1 is 1.19 bits per heavy atom. The van der Waals surface area contributed by atoms with Crippen molar-refractivity contribution >= 4 is 28.3 Å². The van der Waals surface area contributed by atoms with Crippen molar-refractivity contribution in [3.63, 3.8) is 0 Å². The molecule has 0 unspecified atom stereocenters. The molecule has 2 heterocycles. The van der Waals surface area contributed by atoms with Gasteiger partial charge in [0.2, 0.25) is 0 Å². The third kappa shape index (κ3) is 5.35. The fourth-order valence-electron chi connectivity index (χ4n) is 4.30. The number of urea groups is 1. The normalized spacial score (nSPS) is 16.9. The topological polar surface area (TPSA) is 76.3 Å². The van der Waals surface area contributed by atoms with Gasteiger partial charge in [0, 0.05) is 49.0 Å². The van der Waals surface area contributed by atoms with Crippen LogP contribution in [0.2, 0.25) is 0 Å². The number of amides is 2. The Morgan fingerprint density at radius 3 is 2.90 bits per heavy atom. The third-order valence-electron chi connectivity index (χ3n) is 5.95. The van der Waals surface area contributed by atoms with Crippen LogP contribution in [0.4, 0.5) is 16.2 Å². The van der Waals surface area contributed by atoms with E-state index in [2.05, 4.69) is 56.1 Å². The molecule has 1 fully saturated rings. The van der Waals surface area contributed by atoms with Crippen molar-refractivity contribution in [1.82, 2.24) is 20.0 Å². The van der Waals surface area contributed by atoms with Crippen LogP contribution in [0.1, 0.15) is 32.3 Å². The highest BCUT2D eigenvalue weighted by atomic mass is 16.2. The SMILES string of the molecule is CCN(CC)C(=O)Nc1cccc(CN2CCC[C@@H](Nc3ccc4[nH]ncc4c3)C2)c1. The van der Waals surface area contributed by atoms with Gasteiger partial charge in [0.05, 0.1) is 11.7 Å². The van der Waals surface area contributed by atoms with Crippen molar-refractivity contribution in [3.8, 4) is 0 Å². The minimum atomic E-state index is -0.0426. The van der Waals surface area contributed by atoms with E-state index in [1.807, 2.05) is 32.2 Å². The molecule has 3 N–H and O–H groups in total. The van der Waals surface area contributed by atoms with E-state index in [1.165, 1.54) is 18.4 Å². The number of aromatic amines is 1. The summed E-state index contributed by atoms with van der Waals surface area (Å²) in [7, 11) is 0. The summed E-state index contributed by atoms with van der Waals surface area (Å²) in [6.07, 6.45) is 4.20. The molecule has 0 aliphatic carbocycles. The Balaban J connectivity index is 1.35. The van der Waals surface area contributed by atoms with Gasteiger partial charge in [-0.25, -0.2) is 4.79 Å². The Kier molecular flexibility index (Phi) is 6.72. The third-order valence-corrected chi connectivity index (χ3v) is 5.95. The van der Waals surface area contributed by atoms with Crippen molar-refractivity contribution < 1.29 is 4.79 Å². The fourth-order valence-corrected chi connectivity index (χ4v) is 4.30. The molecule has 1 aromatic heterocycles. The van der Waals surface area contributed by atoms with Crippen molar-refractivity contribution in [1.29, 1.82) is 0 Å².